The quantitative estimate of drug-likeness (QED) is 0.321. The number of methoxy groups -OCH3 is 2. The summed E-state index contributed by atoms with van der Waals surface area (Å²) in [5, 5.41) is 11.2. The minimum atomic E-state index is -0.748. The maximum absolute atomic E-state index is 13.1. The first-order valence-corrected chi connectivity index (χ1v) is 10.4. The predicted octanol–water partition coefficient (Wildman–Crippen LogP) is 2.81. The van der Waals surface area contributed by atoms with Crippen molar-refractivity contribution >= 4 is 17.4 Å². The third-order valence-corrected chi connectivity index (χ3v) is 5.60. The molecule has 0 spiro atoms. The number of ketones is 1. The van der Waals surface area contributed by atoms with E-state index in [0.717, 1.165) is 0 Å². The Kier molecular flexibility index (Phi) is 6.39. The number of pyridine rings is 1. The molecule has 0 unspecified atom stereocenters. The fourth-order valence-electron chi connectivity index (χ4n) is 3.98. The van der Waals surface area contributed by atoms with E-state index >= 15 is 0 Å². The van der Waals surface area contributed by atoms with Crippen molar-refractivity contribution in [1.82, 2.24) is 19.4 Å². The lowest BCUT2D eigenvalue weighted by molar-refractivity contribution is -0.139. The number of aliphatic hydroxyl groups is 1. The SMILES string of the molecule is COc1ccc(/C(O)=C2\C(=O)C(=O)N(CCCn3ccnc3)[C@@H]2c2ccncc2)c(OC)c1. The third kappa shape index (κ3) is 4.30. The van der Waals surface area contributed by atoms with Crippen molar-refractivity contribution in [3.63, 3.8) is 0 Å². The second-order valence-electron chi connectivity index (χ2n) is 7.49. The zero-order valence-electron chi connectivity index (χ0n) is 18.3. The molecule has 1 aliphatic heterocycles. The van der Waals surface area contributed by atoms with Gasteiger partial charge in [-0.2, -0.15) is 0 Å². The fourth-order valence-corrected chi connectivity index (χ4v) is 3.98. The molecule has 1 amide bonds. The Balaban J connectivity index is 1.75. The van der Waals surface area contributed by atoms with E-state index in [4.69, 9.17) is 9.47 Å². The van der Waals surface area contributed by atoms with Crippen molar-refractivity contribution in [2.24, 2.45) is 0 Å². The van der Waals surface area contributed by atoms with Gasteiger partial charge in [-0.3, -0.25) is 14.6 Å². The number of aliphatic hydroxyl groups excluding tert-OH is 1. The Bertz CT molecular complexity index is 1170. The summed E-state index contributed by atoms with van der Waals surface area (Å²) in [6.07, 6.45) is 9.01. The van der Waals surface area contributed by atoms with E-state index in [1.54, 1.807) is 55.2 Å². The number of aromatic nitrogens is 3. The van der Waals surface area contributed by atoms with Gasteiger partial charge < -0.3 is 24.0 Å². The van der Waals surface area contributed by atoms with E-state index in [0.29, 0.717) is 42.1 Å². The Labute approximate surface area is 190 Å². The van der Waals surface area contributed by atoms with Gasteiger partial charge in [0.25, 0.3) is 11.7 Å². The first-order chi connectivity index (χ1) is 16.0. The van der Waals surface area contributed by atoms with E-state index < -0.39 is 17.7 Å². The van der Waals surface area contributed by atoms with Crippen LogP contribution in [0.2, 0.25) is 0 Å². The van der Waals surface area contributed by atoms with Gasteiger partial charge in [-0.25, -0.2) is 4.98 Å². The summed E-state index contributed by atoms with van der Waals surface area (Å²) in [6.45, 7) is 0.963. The van der Waals surface area contributed by atoms with Gasteiger partial charge in [0, 0.05) is 43.9 Å². The summed E-state index contributed by atoms with van der Waals surface area (Å²) in [5.74, 6) is -0.835. The maximum Gasteiger partial charge on any atom is 0.295 e. The van der Waals surface area contributed by atoms with Crippen LogP contribution in [0.3, 0.4) is 0 Å². The van der Waals surface area contributed by atoms with Crippen LogP contribution in [0, 0.1) is 0 Å². The van der Waals surface area contributed by atoms with Crippen LogP contribution in [-0.4, -0.2) is 57.0 Å². The Morgan fingerprint density at radius 3 is 2.48 bits per heavy atom. The number of imidazole rings is 1. The van der Waals surface area contributed by atoms with Gasteiger partial charge in [0.15, 0.2) is 0 Å². The second-order valence-corrected chi connectivity index (χ2v) is 7.49. The van der Waals surface area contributed by atoms with Crippen molar-refractivity contribution in [2.75, 3.05) is 20.8 Å². The highest BCUT2D eigenvalue weighted by Crippen LogP contribution is 2.41. The van der Waals surface area contributed by atoms with Crippen LogP contribution in [-0.2, 0) is 16.1 Å². The third-order valence-electron chi connectivity index (χ3n) is 5.60. The summed E-state index contributed by atoms with van der Waals surface area (Å²) in [5.41, 5.74) is 0.993. The zero-order valence-corrected chi connectivity index (χ0v) is 18.3. The normalized spacial score (nSPS) is 17.4. The Hall–Kier alpha value is -4.14. The van der Waals surface area contributed by atoms with Gasteiger partial charge in [0.1, 0.15) is 17.3 Å². The molecule has 170 valence electrons. The highest BCUT2D eigenvalue weighted by molar-refractivity contribution is 6.46. The number of nitrogens with zero attached hydrogens (tertiary/aromatic N) is 4. The fraction of sp³-hybridized carbons (Fsp3) is 0.250. The number of likely N-dealkylation sites (tertiary alicyclic amines) is 1. The molecule has 3 heterocycles. The van der Waals surface area contributed by atoms with Gasteiger partial charge in [-0.1, -0.05) is 0 Å². The highest BCUT2D eigenvalue weighted by atomic mass is 16.5. The number of rotatable bonds is 8. The molecule has 1 saturated heterocycles. The second kappa shape index (κ2) is 9.56. The molecule has 0 bridgehead atoms. The maximum atomic E-state index is 13.1. The van der Waals surface area contributed by atoms with Gasteiger partial charge >= 0.3 is 0 Å². The molecule has 0 saturated carbocycles. The van der Waals surface area contributed by atoms with E-state index in [9.17, 15) is 14.7 Å². The number of benzene rings is 1. The molecule has 9 nitrogen and oxygen atoms in total. The van der Waals surface area contributed by atoms with E-state index in [2.05, 4.69) is 9.97 Å². The van der Waals surface area contributed by atoms with Crippen LogP contribution < -0.4 is 9.47 Å². The number of hydrogen-bond donors (Lipinski definition) is 1. The molecule has 2 aromatic heterocycles. The number of amides is 1. The molecule has 1 aliphatic rings. The van der Waals surface area contributed by atoms with Crippen molar-refractivity contribution in [2.45, 2.75) is 19.0 Å². The van der Waals surface area contributed by atoms with Crippen LogP contribution in [0.1, 0.15) is 23.6 Å². The molecule has 1 aromatic carbocycles. The predicted molar refractivity (Wildman–Crippen MR) is 120 cm³/mol. The van der Waals surface area contributed by atoms with Crippen molar-refractivity contribution < 1.29 is 24.2 Å². The summed E-state index contributed by atoms with van der Waals surface area (Å²) in [7, 11) is 2.98. The van der Waals surface area contributed by atoms with Gasteiger partial charge in [0.2, 0.25) is 0 Å². The molecule has 1 atom stereocenters. The smallest absolute Gasteiger partial charge is 0.295 e. The van der Waals surface area contributed by atoms with Crippen LogP contribution in [0.4, 0.5) is 0 Å². The molecular weight excluding hydrogens is 424 g/mol. The van der Waals surface area contributed by atoms with Crippen LogP contribution >= 0.6 is 0 Å². The lowest BCUT2D eigenvalue weighted by Gasteiger charge is -2.25. The van der Waals surface area contributed by atoms with Crippen LogP contribution in [0.15, 0.2) is 67.0 Å². The average Bonchev–Trinajstić information content (AvgIpc) is 3.46. The summed E-state index contributed by atoms with van der Waals surface area (Å²) in [4.78, 5) is 35.7. The number of Topliss-reactive ketones (excluding diaryl/α,β-unsaturated/α-hetero) is 1. The van der Waals surface area contributed by atoms with Crippen molar-refractivity contribution in [3.05, 3.63) is 78.1 Å². The number of aryl methyl sites for hydroxylation is 1. The number of ether oxygens (including phenoxy) is 2. The van der Waals surface area contributed by atoms with E-state index in [-0.39, 0.29) is 11.3 Å². The molecule has 1 fully saturated rings. The average molecular weight is 448 g/mol. The van der Waals surface area contributed by atoms with Crippen LogP contribution in [0.25, 0.3) is 5.76 Å². The first kappa shape index (κ1) is 22.1. The number of carbonyl (C=O) groups is 2. The van der Waals surface area contributed by atoms with E-state index in [1.165, 1.54) is 19.1 Å². The number of carbonyl (C=O) groups excluding carboxylic acids is 2. The highest BCUT2D eigenvalue weighted by Gasteiger charge is 2.46. The molecule has 9 heteroatoms. The molecule has 33 heavy (non-hydrogen) atoms. The molecule has 4 rings (SSSR count). The molecule has 3 aromatic rings. The standard InChI is InChI=1S/C24H24N4O5/c1-32-17-4-5-18(19(14-17)33-2)22(29)20-21(16-6-8-25-9-7-16)28(24(31)23(20)30)12-3-11-27-13-10-26-15-27/h4-10,13-15,21,29H,3,11-12H2,1-2H3/b22-20+/t21-/m1/s1. The minimum absolute atomic E-state index is 0.0114. The number of hydrogen-bond acceptors (Lipinski definition) is 7. The van der Waals surface area contributed by atoms with Crippen molar-refractivity contribution in [1.29, 1.82) is 0 Å². The van der Waals surface area contributed by atoms with Gasteiger partial charge in [-0.05, 0) is 36.2 Å². The largest absolute Gasteiger partial charge is 0.507 e. The summed E-state index contributed by atoms with van der Waals surface area (Å²) in [6, 6.07) is 7.58. The summed E-state index contributed by atoms with van der Waals surface area (Å²) < 4.78 is 12.5. The Morgan fingerprint density at radius 2 is 1.82 bits per heavy atom. The van der Waals surface area contributed by atoms with Crippen molar-refractivity contribution in [3.8, 4) is 11.5 Å². The van der Waals surface area contributed by atoms with Crippen LogP contribution in [0.5, 0.6) is 11.5 Å². The summed E-state index contributed by atoms with van der Waals surface area (Å²) >= 11 is 0. The molecule has 0 radical (unpaired) electrons. The molecule has 1 N–H and O–H groups in total. The van der Waals surface area contributed by atoms with E-state index in [1.807, 2.05) is 10.8 Å². The van der Waals surface area contributed by atoms with Gasteiger partial charge in [-0.15, -0.1) is 0 Å². The topological polar surface area (TPSA) is 107 Å². The monoisotopic (exact) mass is 448 g/mol. The molecular formula is C24H24N4O5. The first-order valence-electron chi connectivity index (χ1n) is 10.4. The molecule has 0 aliphatic carbocycles. The Morgan fingerprint density at radius 1 is 1.03 bits per heavy atom. The zero-order chi connectivity index (χ0) is 23.4. The van der Waals surface area contributed by atoms with Gasteiger partial charge in [0.05, 0.1) is 37.7 Å². The minimum Gasteiger partial charge on any atom is -0.507 e. The lowest BCUT2D eigenvalue weighted by Crippen LogP contribution is -2.31. The lowest BCUT2D eigenvalue weighted by atomic mass is 9.95.